The number of ether oxygens (including phenoxy) is 2. The van der Waals surface area contributed by atoms with Crippen molar-refractivity contribution < 1.29 is 17.9 Å². The third kappa shape index (κ3) is 4.70. The highest BCUT2D eigenvalue weighted by atomic mass is 32.2. The second-order valence-electron chi connectivity index (χ2n) is 6.86. The van der Waals surface area contributed by atoms with Crippen LogP contribution in [0.2, 0.25) is 0 Å². The van der Waals surface area contributed by atoms with Gasteiger partial charge in [-0.25, -0.2) is 18.4 Å². The first-order chi connectivity index (χ1) is 15.3. The lowest BCUT2D eigenvalue weighted by atomic mass is 10.3. The fraction of sp³-hybridized carbons (Fsp3) is 0.136. The van der Waals surface area contributed by atoms with Crippen LogP contribution >= 0.6 is 0 Å². The van der Waals surface area contributed by atoms with E-state index in [2.05, 4.69) is 19.7 Å². The fourth-order valence-corrected chi connectivity index (χ4v) is 4.06. The minimum atomic E-state index is -3.73. The Morgan fingerprint density at radius 1 is 0.938 bits per heavy atom. The molecule has 0 saturated heterocycles. The van der Waals surface area contributed by atoms with Gasteiger partial charge in [0, 0.05) is 24.1 Å². The van der Waals surface area contributed by atoms with Gasteiger partial charge in [0.05, 0.1) is 12.0 Å². The molecule has 9 nitrogen and oxygen atoms in total. The van der Waals surface area contributed by atoms with Gasteiger partial charge in [0.2, 0.25) is 5.88 Å². The smallest absolute Gasteiger partial charge is 0.261 e. The molecular weight excluding hydrogens is 430 g/mol. The zero-order valence-electron chi connectivity index (χ0n) is 17.7. The minimum Gasteiger partial charge on any atom is -0.497 e. The molecule has 0 aliphatic rings. The van der Waals surface area contributed by atoms with E-state index in [-0.39, 0.29) is 4.90 Å². The minimum absolute atomic E-state index is 0.136. The number of sulfonamides is 1. The Morgan fingerprint density at radius 3 is 2.25 bits per heavy atom. The van der Waals surface area contributed by atoms with Crippen molar-refractivity contribution in [3.05, 3.63) is 78.6 Å². The van der Waals surface area contributed by atoms with Crippen molar-refractivity contribution in [1.82, 2.24) is 19.5 Å². The van der Waals surface area contributed by atoms with E-state index in [0.717, 1.165) is 5.82 Å². The summed E-state index contributed by atoms with van der Waals surface area (Å²) in [5, 5.41) is 0. The molecular formula is C22H21N5O4S. The first-order valence-corrected chi connectivity index (χ1v) is 11.1. The Labute approximate surface area is 185 Å². The predicted molar refractivity (Wildman–Crippen MR) is 119 cm³/mol. The number of hydrogen-bond acceptors (Lipinski definition) is 7. The molecule has 0 atom stereocenters. The van der Waals surface area contributed by atoms with Gasteiger partial charge < -0.3 is 9.47 Å². The molecule has 0 bridgehead atoms. The van der Waals surface area contributed by atoms with E-state index >= 15 is 0 Å². The number of methoxy groups -OCH3 is 1. The molecule has 0 amide bonds. The normalized spacial score (nSPS) is 11.2. The Bertz CT molecular complexity index is 1330. The van der Waals surface area contributed by atoms with Crippen molar-refractivity contribution in [2.75, 3.05) is 11.8 Å². The molecule has 2 heterocycles. The van der Waals surface area contributed by atoms with E-state index in [4.69, 9.17) is 9.47 Å². The zero-order valence-corrected chi connectivity index (χ0v) is 18.5. The summed E-state index contributed by atoms with van der Waals surface area (Å²) in [6.45, 7) is 3.66. The van der Waals surface area contributed by atoms with E-state index in [9.17, 15) is 8.42 Å². The van der Waals surface area contributed by atoms with Crippen molar-refractivity contribution in [3.8, 4) is 23.2 Å². The van der Waals surface area contributed by atoms with Crippen LogP contribution in [-0.2, 0) is 10.0 Å². The Kier molecular flexibility index (Phi) is 5.78. The van der Waals surface area contributed by atoms with Crippen molar-refractivity contribution in [1.29, 1.82) is 0 Å². The van der Waals surface area contributed by atoms with Gasteiger partial charge in [0.25, 0.3) is 10.0 Å². The first-order valence-electron chi connectivity index (χ1n) is 9.65. The topological polar surface area (TPSA) is 108 Å². The maximum atomic E-state index is 12.6. The molecule has 2 aromatic heterocycles. The van der Waals surface area contributed by atoms with Crippen LogP contribution in [0.5, 0.6) is 17.4 Å². The molecule has 0 fully saturated rings. The molecule has 4 rings (SSSR count). The van der Waals surface area contributed by atoms with Crippen molar-refractivity contribution >= 4 is 15.7 Å². The molecule has 2 aromatic carbocycles. The average Bonchev–Trinajstić information content (AvgIpc) is 3.20. The van der Waals surface area contributed by atoms with Crippen LogP contribution in [-0.4, -0.2) is 35.0 Å². The average molecular weight is 452 g/mol. The summed E-state index contributed by atoms with van der Waals surface area (Å²) in [6, 6.07) is 14.4. The number of nitrogens with one attached hydrogen (secondary N) is 1. The largest absolute Gasteiger partial charge is 0.497 e. The van der Waals surface area contributed by atoms with Crippen LogP contribution in [0.15, 0.2) is 71.9 Å². The molecule has 10 heteroatoms. The van der Waals surface area contributed by atoms with E-state index in [1.54, 1.807) is 55.6 Å². The van der Waals surface area contributed by atoms with E-state index in [0.29, 0.717) is 34.7 Å². The lowest BCUT2D eigenvalue weighted by Crippen LogP contribution is -2.12. The molecule has 0 unspecified atom stereocenters. The van der Waals surface area contributed by atoms with Crippen molar-refractivity contribution in [2.24, 2.45) is 0 Å². The number of rotatable bonds is 7. The van der Waals surface area contributed by atoms with Gasteiger partial charge in [-0.2, -0.15) is 4.98 Å². The van der Waals surface area contributed by atoms with Crippen LogP contribution < -0.4 is 14.2 Å². The number of benzene rings is 2. The quantitative estimate of drug-likeness (QED) is 0.454. The van der Waals surface area contributed by atoms with Gasteiger partial charge in [0.15, 0.2) is 0 Å². The number of imidazole rings is 1. The summed E-state index contributed by atoms with van der Waals surface area (Å²) in [7, 11) is -2.20. The summed E-state index contributed by atoms with van der Waals surface area (Å²) >= 11 is 0. The van der Waals surface area contributed by atoms with Crippen LogP contribution in [0, 0.1) is 13.8 Å². The lowest BCUT2D eigenvalue weighted by molar-refractivity contribution is 0.414. The molecule has 32 heavy (non-hydrogen) atoms. The lowest BCUT2D eigenvalue weighted by Gasteiger charge is -2.11. The third-order valence-corrected chi connectivity index (χ3v) is 5.97. The molecule has 0 aliphatic heterocycles. The number of hydrogen-bond donors (Lipinski definition) is 1. The molecule has 0 radical (unpaired) electrons. The summed E-state index contributed by atoms with van der Waals surface area (Å²) in [5.41, 5.74) is 0.404. The van der Waals surface area contributed by atoms with E-state index in [1.807, 2.05) is 17.7 Å². The maximum Gasteiger partial charge on any atom is 0.261 e. The second-order valence-corrected chi connectivity index (χ2v) is 8.55. The highest BCUT2D eigenvalue weighted by Gasteiger charge is 2.14. The van der Waals surface area contributed by atoms with Crippen LogP contribution in [0.3, 0.4) is 0 Å². The number of aryl methyl sites for hydroxylation is 2. The molecule has 4 aromatic rings. The molecule has 0 aliphatic carbocycles. The zero-order chi connectivity index (χ0) is 22.7. The molecule has 1 N–H and O–H groups in total. The number of nitrogens with zero attached hydrogens (tertiary/aromatic N) is 4. The predicted octanol–water partition coefficient (Wildman–Crippen LogP) is 3.88. The molecule has 164 valence electrons. The van der Waals surface area contributed by atoms with Crippen molar-refractivity contribution in [2.45, 2.75) is 18.7 Å². The van der Waals surface area contributed by atoms with Crippen LogP contribution in [0.4, 0.5) is 5.69 Å². The van der Waals surface area contributed by atoms with Gasteiger partial charge >= 0.3 is 0 Å². The summed E-state index contributed by atoms with van der Waals surface area (Å²) < 4.78 is 40.5. The first kappa shape index (κ1) is 21.3. The SMILES string of the molecule is COc1ccc(S(=O)(=O)Nc2ccc(Oc3cc(-n4ccnc4C)nc(C)n3)cc2)cc1. The van der Waals surface area contributed by atoms with Gasteiger partial charge in [-0.05, 0) is 62.4 Å². The molecule has 0 spiro atoms. The second kappa shape index (κ2) is 8.67. The third-order valence-electron chi connectivity index (χ3n) is 4.57. The van der Waals surface area contributed by atoms with Gasteiger partial charge in [0.1, 0.15) is 29.0 Å². The molecule has 0 saturated carbocycles. The number of aromatic nitrogens is 4. The van der Waals surface area contributed by atoms with Crippen LogP contribution in [0.25, 0.3) is 5.82 Å². The highest BCUT2D eigenvalue weighted by Crippen LogP contribution is 2.25. The highest BCUT2D eigenvalue weighted by molar-refractivity contribution is 7.92. The van der Waals surface area contributed by atoms with E-state index in [1.165, 1.54) is 19.2 Å². The summed E-state index contributed by atoms with van der Waals surface area (Å²) in [5.74, 6) is 3.44. The van der Waals surface area contributed by atoms with Crippen LogP contribution in [0.1, 0.15) is 11.6 Å². The Balaban J connectivity index is 1.49. The monoisotopic (exact) mass is 451 g/mol. The standard InChI is InChI=1S/C22H21N5O4S/c1-15-24-21(27-13-12-23-16(27)2)14-22(25-15)31-19-6-4-17(5-7-19)26-32(28,29)20-10-8-18(30-3)9-11-20/h4-14,26H,1-3H3. The van der Waals surface area contributed by atoms with Gasteiger partial charge in [-0.15, -0.1) is 0 Å². The number of anilines is 1. The Morgan fingerprint density at radius 2 is 1.62 bits per heavy atom. The summed E-state index contributed by atoms with van der Waals surface area (Å²) in [6.07, 6.45) is 3.50. The fourth-order valence-electron chi connectivity index (χ4n) is 3.00. The van der Waals surface area contributed by atoms with Crippen molar-refractivity contribution in [3.63, 3.8) is 0 Å². The van der Waals surface area contributed by atoms with Gasteiger partial charge in [-0.3, -0.25) is 9.29 Å². The Hall–Kier alpha value is -3.92. The van der Waals surface area contributed by atoms with Gasteiger partial charge in [-0.1, -0.05) is 0 Å². The maximum absolute atomic E-state index is 12.6. The van der Waals surface area contributed by atoms with E-state index < -0.39 is 10.0 Å². The summed E-state index contributed by atoms with van der Waals surface area (Å²) in [4.78, 5) is 13.1.